The van der Waals surface area contributed by atoms with Gasteiger partial charge in [0, 0.05) is 6.04 Å². The third kappa shape index (κ3) is 1.76. The van der Waals surface area contributed by atoms with Gasteiger partial charge in [-0.05, 0) is 28.2 Å². The van der Waals surface area contributed by atoms with E-state index in [1.807, 2.05) is 0 Å². The summed E-state index contributed by atoms with van der Waals surface area (Å²) in [7, 11) is 0. The molecule has 1 rings (SSSR count). The molecular weight excluding hydrogens is 222 g/mol. The van der Waals surface area contributed by atoms with Crippen molar-refractivity contribution in [2.45, 2.75) is 74.5 Å². The minimum absolute atomic E-state index is 0.0431. The van der Waals surface area contributed by atoms with Crippen molar-refractivity contribution in [2.75, 3.05) is 6.54 Å². The van der Waals surface area contributed by atoms with E-state index in [2.05, 4.69) is 67.6 Å². The Labute approximate surface area is 114 Å². The smallest absolute Gasteiger partial charge is 0.0653 e. The molecule has 1 aliphatic rings. The van der Waals surface area contributed by atoms with Crippen molar-refractivity contribution in [3.63, 3.8) is 0 Å². The maximum Gasteiger partial charge on any atom is 0.0653 e. The number of aliphatic hydroxyl groups excluding tert-OH is 1. The number of aliphatic hydroxyl groups is 1. The van der Waals surface area contributed by atoms with Crippen LogP contribution >= 0.6 is 0 Å². The van der Waals surface area contributed by atoms with Crippen LogP contribution in [0.25, 0.3) is 0 Å². The molecule has 0 heterocycles. The molecule has 1 saturated carbocycles. The predicted molar refractivity (Wildman–Crippen MR) is 78.6 cm³/mol. The predicted octanol–water partition coefficient (Wildman–Crippen LogP) is 3.44. The Balaban J connectivity index is 3.40. The lowest BCUT2D eigenvalue weighted by Crippen LogP contribution is -2.71. The number of hydrogen-bond acceptors (Lipinski definition) is 2. The average molecular weight is 255 g/mol. The van der Waals surface area contributed by atoms with Gasteiger partial charge in [0.25, 0.3) is 0 Å². The van der Waals surface area contributed by atoms with Crippen molar-refractivity contribution in [3.05, 3.63) is 0 Å². The van der Waals surface area contributed by atoms with Crippen LogP contribution in [0.5, 0.6) is 0 Å². The van der Waals surface area contributed by atoms with Crippen molar-refractivity contribution < 1.29 is 5.11 Å². The van der Waals surface area contributed by atoms with Gasteiger partial charge in [0.2, 0.25) is 0 Å². The minimum Gasteiger partial charge on any atom is -0.392 e. The molecule has 2 N–H and O–H groups in total. The molecule has 1 fully saturated rings. The third-order valence-electron chi connectivity index (χ3n) is 6.54. The van der Waals surface area contributed by atoms with E-state index >= 15 is 0 Å². The summed E-state index contributed by atoms with van der Waals surface area (Å²) in [5, 5.41) is 14.6. The van der Waals surface area contributed by atoms with E-state index < -0.39 is 0 Å². The van der Waals surface area contributed by atoms with Gasteiger partial charge in [0.15, 0.2) is 0 Å². The van der Waals surface area contributed by atoms with Gasteiger partial charge in [0.05, 0.1) is 6.10 Å². The quantitative estimate of drug-likeness (QED) is 0.792. The van der Waals surface area contributed by atoms with Crippen molar-refractivity contribution in [1.82, 2.24) is 5.32 Å². The molecular formula is C16H33NO. The largest absolute Gasteiger partial charge is 0.392 e. The van der Waals surface area contributed by atoms with Gasteiger partial charge in [-0.25, -0.2) is 0 Å². The zero-order chi connectivity index (χ0) is 14.6. The number of rotatable bonds is 2. The highest BCUT2D eigenvalue weighted by atomic mass is 16.3. The Morgan fingerprint density at radius 2 is 1.11 bits per heavy atom. The molecule has 0 aromatic carbocycles. The monoisotopic (exact) mass is 255 g/mol. The standard InChI is InChI=1S/C16H33NO/c1-10-17-11-13(2,3)15(6,7)12(18)16(8,9)14(11,4)5/h11-12,17-18H,10H2,1-9H3. The zero-order valence-electron chi connectivity index (χ0n) is 13.8. The Hall–Kier alpha value is -0.0800. The van der Waals surface area contributed by atoms with Gasteiger partial charge in [-0.1, -0.05) is 62.3 Å². The van der Waals surface area contributed by atoms with Gasteiger partial charge in [-0.3, -0.25) is 0 Å². The Morgan fingerprint density at radius 3 is 1.39 bits per heavy atom. The SMILES string of the molecule is CCNC1C(C)(C)C(C)(C)C(O)C(C)(C)C1(C)C. The van der Waals surface area contributed by atoms with E-state index in [4.69, 9.17) is 0 Å². The summed E-state index contributed by atoms with van der Waals surface area (Å²) in [6.07, 6.45) is -0.301. The fourth-order valence-corrected chi connectivity index (χ4v) is 3.97. The lowest BCUT2D eigenvalue weighted by molar-refractivity contribution is -0.216. The average Bonchev–Trinajstić information content (AvgIpc) is 2.22. The molecule has 2 nitrogen and oxygen atoms in total. The molecule has 0 amide bonds. The Morgan fingerprint density at radius 1 is 0.778 bits per heavy atom. The Bertz CT molecular complexity index is 287. The molecule has 0 radical (unpaired) electrons. The van der Waals surface area contributed by atoms with Gasteiger partial charge in [0.1, 0.15) is 0 Å². The first kappa shape index (κ1) is 16.0. The van der Waals surface area contributed by atoms with E-state index in [9.17, 15) is 5.11 Å². The molecule has 18 heavy (non-hydrogen) atoms. The highest BCUT2D eigenvalue weighted by Gasteiger charge is 2.64. The summed E-state index contributed by atoms with van der Waals surface area (Å²) in [5.74, 6) is 0. The van der Waals surface area contributed by atoms with Crippen LogP contribution in [0, 0.1) is 21.7 Å². The highest BCUT2D eigenvalue weighted by molar-refractivity contribution is 5.16. The fraction of sp³-hybridized carbons (Fsp3) is 1.00. The zero-order valence-corrected chi connectivity index (χ0v) is 13.8. The van der Waals surface area contributed by atoms with Gasteiger partial charge in [-0.2, -0.15) is 0 Å². The Kier molecular flexibility index (Phi) is 3.74. The first-order valence-electron chi connectivity index (χ1n) is 7.26. The van der Waals surface area contributed by atoms with E-state index in [0.717, 1.165) is 6.54 Å². The molecule has 0 spiro atoms. The molecule has 0 aromatic rings. The van der Waals surface area contributed by atoms with Gasteiger partial charge in [-0.15, -0.1) is 0 Å². The second-order valence-electron chi connectivity index (χ2n) is 8.28. The highest BCUT2D eigenvalue weighted by Crippen LogP contribution is 2.63. The summed E-state index contributed by atoms with van der Waals surface area (Å²) in [6.45, 7) is 21.1. The van der Waals surface area contributed by atoms with E-state index in [0.29, 0.717) is 6.04 Å². The third-order valence-corrected chi connectivity index (χ3v) is 6.54. The normalized spacial score (nSPS) is 36.3. The number of hydrogen-bond donors (Lipinski definition) is 2. The van der Waals surface area contributed by atoms with Crippen LogP contribution in [0.4, 0.5) is 0 Å². The molecule has 0 aromatic heterocycles. The van der Waals surface area contributed by atoms with E-state index in [1.165, 1.54) is 0 Å². The van der Waals surface area contributed by atoms with Crippen molar-refractivity contribution >= 4 is 0 Å². The molecule has 0 saturated heterocycles. The first-order valence-corrected chi connectivity index (χ1v) is 7.26. The first-order chi connectivity index (χ1) is 7.85. The topological polar surface area (TPSA) is 32.3 Å². The second kappa shape index (κ2) is 4.21. The van der Waals surface area contributed by atoms with Crippen LogP contribution in [0.15, 0.2) is 0 Å². The molecule has 0 aliphatic heterocycles. The lowest BCUT2D eigenvalue weighted by Gasteiger charge is -2.67. The molecule has 1 aliphatic carbocycles. The summed E-state index contributed by atoms with van der Waals surface area (Å²) in [5.41, 5.74) is -0.138. The van der Waals surface area contributed by atoms with Crippen LogP contribution in [0.2, 0.25) is 0 Å². The van der Waals surface area contributed by atoms with Gasteiger partial charge >= 0.3 is 0 Å². The van der Waals surface area contributed by atoms with Crippen molar-refractivity contribution in [3.8, 4) is 0 Å². The molecule has 0 atom stereocenters. The summed E-state index contributed by atoms with van der Waals surface area (Å²) in [6, 6.07) is 0.392. The fourth-order valence-electron chi connectivity index (χ4n) is 3.97. The van der Waals surface area contributed by atoms with Crippen LogP contribution < -0.4 is 5.32 Å². The van der Waals surface area contributed by atoms with Crippen LogP contribution in [-0.4, -0.2) is 23.8 Å². The summed E-state index contributed by atoms with van der Waals surface area (Å²) < 4.78 is 0. The van der Waals surface area contributed by atoms with E-state index in [1.54, 1.807) is 0 Å². The molecule has 2 heteroatoms. The van der Waals surface area contributed by atoms with Gasteiger partial charge < -0.3 is 10.4 Å². The summed E-state index contributed by atoms with van der Waals surface area (Å²) >= 11 is 0. The van der Waals surface area contributed by atoms with E-state index in [-0.39, 0.29) is 27.8 Å². The van der Waals surface area contributed by atoms with Crippen LogP contribution in [0.3, 0.4) is 0 Å². The molecule has 0 bridgehead atoms. The van der Waals surface area contributed by atoms with Crippen molar-refractivity contribution in [2.24, 2.45) is 21.7 Å². The minimum atomic E-state index is -0.301. The molecule has 0 unspecified atom stereocenters. The number of nitrogens with one attached hydrogen (secondary N) is 1. The lowest BCUT2D eigenvalue weighted by atomic mass is 9.41. The molecule has 108 valence electrons. The summed E-state index contributed by atoms with van der Waals surface area (Å²) in [4.78, 5) is 0. The van der Waals surface area contributed by atoms with Crippen LogP contribution in [-0.2, 0) is 0 Å². The second-order valence-corrected chi connectivity index (χ2v) is 8.28. The van der Waals surface area contributed by atoms with Crippen LogP contribution in [0.1, 0.15) is 62.3 Å². The maximum atomic E-state index is 10.9. The van der Waals surface area contributed by atoms with Crippen molar-refractivity contribution in [1.29, 1.82) is 0 Å². The maximum absolute atomic E-state index is 10.9.